The van der Waals surface area contributed by atoms with Crippen LogP contribution in [0, 0.1) is 10.1 Å². The molecule has 1 N–H and O–H groups in total. The van der Waals surface area contributed by atoms with E-state index in [2.05, 4.69) is 10.5 Å². The van der Waals surface area contributed by atoms with E-state index >= 15 is 0 Å². The lowest BCUT2D eigenvalue weighted by atomic mass is 10.2. The standard InChI is InChI=1S/C16H15N3O5/c1-23-14-8-7-11(9-15(14)24-2)10-17-18-16(20)12-5-3-4-6-13(12)19(21)22/h3-10H,1-2H3,(H,18,20)/b17-10+. The van der Waals surface area contributed by atoms with Crippen LogP contribution in [0.15, 0.2) is 47.6 Å². The van der Waals surface area contributed by atoms with Gasteiger partial charge < -0.3 is 9.47 Å². The van der Waals surface area contributed by atoms with Crippen molar-refractivity contribution in [3.8, 4) is 11.5 Å². The number of ether oxygens (including phenoxy) is 2. The lowest BCUT2D eigenvalue weighted by molar-refractivity contribution is -0.385. The summed E-state index contributed by atoms with van der Waals surface area (Å²) >= 11 is 0. The van der Waals surface area contributed by atoms with Crippen LogP contribution >= 0.6 is 0 Å². The van der Waals surface area contributed by atoms with Crippen molar-refractivity contribution in [2.75, 3.05) is 14.2 Å². The number of nitrogens with zero attached hydrogens (tertiary/aromatic N) is 2. The Morgan fingerprint density at radius 3 is 2.54 bits per heavy atom. The number of para-hydroxylation sites is 1. The molecule has 0 fully saturated rings. The number of nitro benzene ring substituents is 1. The van der Waals surface area contributed by atoms with Crippen molar-refractivity contribution in [1.29, 1.82) is 0 Å². The molecule has 0 aromatic heterocycles. The zero-order chi connectivity index (χ0) is 17.5. The maximum atomic E-state index is 12.0. The minimum atomic E-state index is -0.668. The fourth-order valence-corrected chi connectivity index (χ4v) is 1.98. The van der Waals surface area contributed by atoms with E-state index < -0.39 is 10.8 Å². The first-order chi connectivity index (χ1) is 11.6. The maximum absolute atomic E-state index is 12.0. The van der Waals surface area contributed by atoms with Gasteiger partial charge in [-0.25, -0.2) is 5.43 Å². The van der Waals surface area contributed by atoms with Crippen LogP contribution in [0.2, 0.25) is 0 Å². The van der Waals surface area contributed by atoms with Crippen molar-refractivity contribution in [2.24, 2.45) is 5.10 Å². The highest BCUT2D eigenvalue weighted by Gasteiger charge is 2.18. The molecule has 0 radical (unpaired) electrons. The summed E-state index contributed by atoms with van der Waals surface area (Å²) in [5, 5.41) is 14.7. The summed E-state index contributed by atoms with van der Waals surface area (Å²) in [6, 6.07) is 10.7. The van der Waals surface area contributed by atoms with E-state index in [0.29, 0.717) is 17.1 Å². The smallest absolute Gasteiger partial charge is 0.282 e. The Labute approximate surface area is 137 Å². The van der Waals surface area contributed by atoms with Gasteiger partial charge in [-0.3, -0.25) is 14.9 Å². The average molecular weight is 329 g/mol. The van der Waals surface area contributed by atoms with Gasteiger partial charge in [0.1, 0.15) is 5.56 Å². The molecule has 0 aliphatic carbocycles. The lowest BCUT2D eigenvalue weighted by Crippen LogP contribution is -2.18. The normalized spacial score (nSPS) is 10.4. The topological polar surface area (TPSA) is 103 Å². The predicted molar refractivity (Wildman–Crippen MR) is 87.7 cm³/mol. The van der Waals surface area contributed by atoms with Gasteiger partial charge in [0.15, 0.2) is 11.5 Å². The molecule has 0 saturated heterocycles. The van der Waals surface area contributed by atoms with Crippen LogP contribution in [0.5, 0.6) is 11.5 Å². The van der Waals surface area contributed by atoms with Gasteiger partial charge in [-0.05, 0) is 29.8 Å². The van der Waals surface area contributed by atoms with E-state index in [4.69, 9.17) is 9.47 Å². The Balaban J connectivity index is 2.12. The summed E-state index contributed by atoms with van der Waals surface area (Å²) < 4.78 is 10.3. The van der Waals surface area contributed by atoms with Crippen LogP contribution in [-0.4, -0.2) is 31.3 Å². The molecule has 0 spiro atoms. The molecule has 24 heavy (non-hydrogen) atoms. The summed E-state index contributed by atoms with van der Waals surface area (Å²) in [5.41, 5.74) is 2.58. The Morgan fingerprint density at radius 1 is 1.17 bits per heavy atom. The second kappa shape index (κ2) is 7.73. The third-order valence-electron chi connectivity index (χ3n) is 3.13. The molecule has 0 unspecified atom stereocenters. The van der Waals surface area contributed by atoms with Crippen LogP contribution in [-0.2, 0) is 0 Å². The molecule has 0 bridgehead atoms. The van der Waals surface area contributed by atoms with Crippen LogP contribution in [0.1, 0.15) is 15.9 Å². The molecule has 124 valence electrons. The molecule has 2 rings (SSSR count). The second-order valence-corrected chi connectivity index (χ2v) is 4.59. The molecule has 2 aromatic carbocycles. The number of hydrogen-bond donors (Lipinski definition) is 1. The highest BCUT2D eigenvalue weighted by Crippen LogP contribution is 2.26. The monoisotopic (exact) mass is 329 g/mol. The maximum Gasteiger partial charge on any atom is 0.282 e. The van der Waals surface area contributed by atoms with Crippen molar-refractivity contribution >= 4 is 17.8 Å². The first kappa shape index (κ1) is 16.9. The summed E-state index contributed by atoms with van der Waals surface area (Å²) in [6.45, 7) is 0. The number of methoxy groups -OCH3 is 2. The van der Waals surface area contributed by atoms with Gasteiger partial charge in [0, 0.05) is 6.07 Å². The predicted octanol–water partition coefficient (Wildman–Crippen LogP) is 2.38. The minimum absolute atomic E-state index is 0.0630. The third kappa shape index (κ3) is 3.86. The number of amides is 1. The van der Waals surface area contributed by atoms with Gasteiger partial charge >= 0.3 is 0 Å². The SMILES string of the molecule is COc1ccc(/C=N/NC(=O)c2ccccc2[N+](=O)[O-])cc1OC. The van der Waals surface area contributed by atoms with Crippen LogP contribution in [0.3, 0.4) is 0 Å². The van der Waals surface area contributed by atoms with Gasteiger partial charge in [-0.1, -0.05) is 12.1 Å². The van der Waals surface area contributed by atoms with Gasteiger partial charge in [-0.2, -0.15) is 5.10 Å². The summed E-state index contributed by atoms with van der Waals surface area (Å²) in [6.07, 6.45) is 1.40. The second-order valence-electron chi connectivity index (χ2n) is 4.59. The van der Waals surface area contributed by atoms with Crippen molar-refractivity contribution in [2.45, 2.75) is 0 Å². The third-order valence-corrected chi connectivity index (χ3v) is 3.13. The molecule has 8 heteroatoms. The molecule has 8 nitrogen and oxygen atoms in total. The van der Waals surface area contributed by atoms with Crippen molar-refractivity contribution in [3.63, 3.8) is 0 Å². The molecule has 0 heterocycles. The minimum Gasteiger partial charge on any atom is -0.493 e. The summed E-state index contributed by atoms with van der Waals surface area (Å²) in [4.78, 5) is 22.3. The van der Waals surface area contributed by atoms with Crippen LogP contribution in [0.25, 0.3) is 0 Å². The number of rotatable bonds is 6. The van der Waals surface area contributed by atoms with E-state index in [-0.39, 0.29) is 11.3 Å². The Bertz CT molecular complexity index is 789. The summed E-state index contributed by atoms with van der Waals surface area (Å²) in [7, 11) is 3.04. The number of nitro groups is 1. The number of carbonyl (C=O) groups excluding carboxylic acids is 1. The van der Waals surface area contributed by atoms with Crippen molar-refractivity contribution in [1.82, 2.24) is 5.43 Å². The zero-order valence-corrected chi connectivity index (χ0v) is 13.1. The van der Waals surface area contributed by atoms with Crippen LogP contribution in [0.4, 0.5) is 5.69 Å². The van der Waals surface area contributed by atoms with E-state index in [1.807, 2.05) is 0 Å². The molecule has 0 aliphatic heterocycles. The zero-order valence-electron chi connectivity index (χ0n) is 13.1. The van der Waals surface area contributed by atoms with E-state index in [0.717, 1.165) is 0 Å². The van der Waals surface area contributed by atoms with Gasteiger partial charge in [0.2, 0.25) is 0 Å². The van der Waals surface area contributed by atoms with Crippen LogP contribution < -0.4 is 14.9 Å². The van der Waals surface area contributed by atoms with E-state index in [1.165, 1.54) is 38.6 Å². The quantitative estimate of drug-likeness (QED) is 0.498. The van der Waals surface area contributed by atoms with Crippen molar-refractivity contribution < 1.29 is 19.2 Å². The Kier molecular flexibility index (Phi) is 5.45. The number of carbonyl (C=O) groups is 1. The summed E-state index contributed by atoms with van der Waals surface area (Å²) in [5.74, 6) is 0.420. The molecule has 0 atom stereocenters. The van der Waals surface area contributed by atoms with E-state index in [9.17, 15) is 14.9 Å². The Hall–Kier alpha value is -3.42. The largest absolute Gasteiger partial charge is 0.493 e. The van der Waals surface area contributed by atoms with Gasteiger partial charge in [-0.15, -0.1) is 0 Å². The first-order valence-corrected chi connectivity index (χ1v) is 6.85. The van der Waals surface area contributed by atoms with Crippen molar-refractivity contribution in [3.05, 3.63) is 63.7 Å². The highest BCUT2D eigenvalue weighted by atomic mass is 16.6. The number of benzene rings is 2. The molecular formula is C16H15N3O5. The molecule has 0 saturated carbocycles. The molecule has 0 aliphatic rings. The number of nitrogens with one attached hydrogen (secondary N) is 1. The number of hydrogen-bond acceptors (Lipinski definition) is 6. The molecular weight excluding hydrogens is 314 g/mol. The van der Waals surface area contributed by atoms with Gasteiger partial charge in [0.25, 0.3) is 11.6 Å². The first-order valence-electron chi connectivity index (χ1n) is 6.85. The molecule has 2 aromatic rings. The Morgan fingerprint density at radius 2 is 1.88 bits per heavy atom. The fraction of sp³-hybridized carbons (Fsp3) is 0.125. The molecule has 1 amide bonds. The fourth-order valence-electron chi connectivity index (χ4n) is 1.98. The average Bonchev–Trinajstić information content (AvgIpc) is 2.61. The number of hydrazone groups is 1. The lowest BCUT2D eigenvalue weighted by Gasteiger charge is -2.07. The highest BCUT2D eigenvalue weighted by molar-refractivity contribution is 5.98. The van der Waals surface area contributed by atoms with Gasteiger partial charge in [0.05, 0.1) is 25.4 Å². The van der Waals surface area contributed by atoms with E-state index in [1.54, 1.807) is 24.3 Å².